The van der Waals surface area contributed by atoms with Crippen molar-refractivity contribution in [3.8, 4) is 5.75 Å². The number of hydrogen-bond donors (Lipinski definition) is 1. The Bertz CT molecular complexity index is 1260. The lowest BCUT2D eigenvalue weighted by atomic mass is 9.95. The van der Waals surface area contributed by atoms with Crippen LogP contribution in [0.15, 0.2) is 59.1 Å². The zero-order chi connectivity index (χ0) is 26.4. The van der Waals surface area contributed by atoms with Gasteiger partial charge in [0.2, 0.25) is 5.91 Å². The topological polar surface area (TPSA) is 58.6 Å². The van der Waals surface area contributed by atoms with Gasteiger partial charge in [-0.15, -0.1) is 0 Å². The summed E-state index contributed by atoms with van der Waals surface area (Å²) in [6.45, 7) is 1.87. The van der Waals surface area contributed by atoms with Gasteiger partial charge in [0.05, 0.1) is 4.47 Å². The summed E-state index contributed by atoms with van der Waals surface area (Å²) in [6.07, 6.45) is 5.83. The average molecular weight is 606 g/mol. The van der Waals surface area contributed by atoms with Gasteiger partial charge < -0.3 is 15.0 Å². The van der Waals surface area contributed by atoms with E-state index in [2.05, 4.69) is 21.2 Å². The SMILES string of the molecule is CC[C@H](C(=O)NC1CCCCC1)N(Cc1ccc(Cl)cc1Cl)C(=O)COc1ccc2ccccc2c1Br. The number of rotatable bonds is 9. The van der Waals surface area contributed by atoms with Crippen LogP contribution in [0.25, 0.3) is 10.8 Å². The quantitative estimate of drug-likeness (QED) is 0.274. The van der Waals surface area contributed by atoms with Crippen molar-refractivity contribution in [1.29, 1.82) is 0 Å². The maximum Gasteiger partial charge on any atom is 0.261 e. The van der Waals surface area contributed by atoms with Gasteiger partial charge in [0.25, 0.3) is 5.91 Å². The van der Waals surface area contributed by atoms with E-state index < -0.39 is 6.04 Å². The van der Waals surface area contributed by atoms with Crippen molar-refractivity contribution < 1.29 is 14.3 Å². The molecule has 1 saturated carbocycles. The van der Waals surface area contributed by atoms with Gasteiger partial charge in [-0.3, -0.25) is 9.59 Å². The van der Waals surface area contributed by atoms with E-state index in [-0.39, 0.29) is 31.0 Å². The Morgan fingerprint density at radius 1 is 1.08 bits per heavy atom. The molecule has 1 aliphatic carbocycles. The molecule has 0 heterocycles. The second-order valence-electron chi connectivity index (χ2n) is 9.41. The Kier molecular flexibility index (Phi) is 9.74. The molecule has 0 aromatic heterocycles. The van der Waals surface area contributed by atoms with E-state index in [0.717, 1.165) is 46.5 Å². The van der Waals surface area contributed by atoms with Crippen LogP contribution in [-0.4, -0.2) is 35.4 Å². The monoisotopic (exact) mass is 604 g/mol. The molecule has 3 aromatic carbocycles. The molecule has 1 aliphatic rings. The molecule has 0 bridgehead atoms. The molecule has 0 spiro atoms. The van der Waals surface area contributed by atoms with Gasteiger partial charge in [-0.1, -0.05) is 85.8 Å². The molecular weight excluding hydrogens is 575 g/mol. The fourth-order valence-corrected chi connectivity index (χ4v) is 5.92. The van der Waals surface area contributed by atoms with Crippen LogP contribution in [0.3, 0.4) is 0 Å². The fraction of sp³-hybridized carbons (Fsp3) is 0.379. The van der Waals surface area contributed by atoms with Crippen LogP contribution in [0.5, 0.6) is 5.75 Å². The lowest BCUT2D eigenvalue weighted by Crippen LogP contribution is -2.52. The third-order valence-corrected chi connectivity index (χ3v) is 8.28. The molecule has 8 heteroatoms. The molecule has 196 valence electrons. The number of halogens is 3. The summed E-state index contributed by atoms with van der Waals surface area (Å²) in [5.41, 5.74) is 0.718. The molecular formula is C29H31BrCl2N2O3. The molecule has 0 aliphatic heterocycles. The molecule has 5 nitrogen and oxygen atoms in total. The van der Waals surface area contributed by atoms with Gasteiger partial charge in [-0.2, -0.15) is 0 Å². The highest BCUT2D eigenvalue weighted by Gasteiger charge is 2.31. The molecule has 0 saturated heterocycles. The fourth-order valence-electron chi connectivity index (χ4n) is 4.84. The summed E-state index contributed by atoms with van der Waals surface area (Å²) in [5.74, 6) is 0.132. The van der Waals surface area contributed by atoms with Crippen molar-refractivity contribution in [2.75, 3.05) is 6.61 Å². The first kappa shape index (κ1) is 27.7. The van der Waals surface area contributed by atoms with Gasteiger partial charge in [0.15, 0.2) is 6.61 Å². The molecule has 1 atom stereocenters. The highest BCUT2D eigenvalue weighted by Crippen LogP contribution is 2.33. The molecule has 4 rings (SSSR count). The largest absolute Gasteiger partial charge is 0.483 e. The standard InChI is InChI=1S/C29H31BrCl2N2O3/c1-2-25(29(36)33-22-9-4-3-5-10-22)34(17-20-12-14-21(31)16-24(20)32)27(35)18-37-26-15-13-19-8-6-7-11-23(19)28(26)30/h6-8,11-16,22,25H,2-5,9-10,17-18H2,1H3,(H,33,36)/t25-/m1/s1. The first-order valence-electron chi connectivity index (χ1n) is 12.7. The molecule has 0 radical (unpaired) electrons. The van der Waals surface area contributed by atoms with Gasteiger partial charge in [0, 0.05) is 22.6 Å². The second kappa shape index (κ2) is 13.0. The molecule has 2 amide bonds. The minimum absolute atomic E-state index is 0.139. The summed E-state index contributed by atoms with van der Waals surface area (Å²) in [6, 6.07) is 16.4. The number of amides is 2. The lowest BCUT2D eigenvalue weighted by Gasteiger charge is -2.33. The number of benzene rings is 3. The number of nitrogens with one attached hydrogen (secondary N) is 1. The zero-order valence-electron chi connectivity index (χ0n) is 20.8. The van der Waals surface area contributed by atoms with Crippen molar-refractivity contribution in [3.05, 3.63) is 74.7 Å². The van der Waals surface area contributed by atoms with E-state index in [1.54, 1.807) is 23.1 Å². The number of carbonyl (C=O) groups is 2. The van der Waals surface area contributed by atoms with E-state index in [4.69, 9.17) is 27.9 Å². The number of hydrogen-bond acceptors (Lipinski definition) is 3. The number of ether oxygens (including phenoxy) is 1. The Morgan fingerprint density at radius 3 is 2.57 bits per heavy atom. The first-order chi connectivity index (χ1) is 17.9. The Morgan fingerprint density at radius 2 is 1.84 bits per heavy atom. The molecule has 3 aromatic rings. The van der Waals surface area contributed by atoms with E-state index in [1.165, 1.54) is 6.42 Å². The van der Waals surface area contributed by atoms with E-state index in [1.807, 2.05) is 43.3 Å². The highest BCUT2D eigenvalue weighted by atomic mass is 79.9. The van der Waals surface area contributed by atoms with E-state index in [0.29, 0.717) is 22.2 Å². The lowest BCUT2D eigenvalue weighted by molar-refractivity contribution is -0.143. The number of nitrogens with zero attached hydrogens (tertiary/aromatic N) is 1. The van der Waals surface area contributed by atoms with Crippen LogP contribution >= 0.6 is 39.1 Å². The van der Waals surface area contributed by atoms with Gasteiger partial charge >= 0.3 is 0 Å². The predicted octanol–water partition coefficient (Wildman–Crippen LogP) is 7.54. The van der Waals surface area contributed by atoms with Gasteiger partial charge in [-0.25, -0.2) is 0 Å². The number of fused-ring (bicyclic) bond motifs is 1. The Hall–Kier alpha value is -2.28. The van der Waals surface area contributed by atoms with Crippen LogP contribution in [0.2, 0.25) is 10.0 Å². The van der Waals surface area contributed by atoms with Crippen molar-refractivity contribution >= 4 is 61.7 Å². The maximum atomic E-state index is 13.6. The van der Waals surface area contributed by atoms with Gasteiger partial charge in [-0.05, 0) is 69.7 Å². The maximum absolute atomic E-state index is 13.6. The van der Waals surface area contributed by atoms with E-state index >= 15 is 0 Å². The third-order valence-electron chi connectivity index (χ3n) is 6.87. The van der Waals surface area contributed by atoms with Crippen LogP contribution < -0.4 is 10.1 Å². The predicted molar refractivity (Wildman–Crippen MR) is 153 cm³/mol. The molecule has 1 N–H and O–H groups in total. The van der Waals surface area contributed by atoms with Gasteiger partial charge in [0.1, 0.15) is 11.8 Å². The first-order valence-corrected chi connectivity index (χ1v) is 14.3. The summed E-state index contributed by atoms with van der Waals surface area (Å²) in [4.78, 5) is 28.6. The molecule has 1 fully saturated rings. The number of carbonyl (C=O) groups excluding carboxylic acids is 2. The third kappa shape index (κ3) is 6.98. The molecule has 37 heavy (non-hydrogen) atoms. The summed E-state index contributed by atoms with van der Waals surface area (Å²) < 4.78 is 6.76. The summed E-state index contributed by atoms with van der Waals surface area (Å²) in [5, 5.41) is 6.21. The summed E-state index contributed by atoms with van der Waals surface area (Å²) >= 11 is 16.2. The van der Waals surface area contributed by atoms with Crippen LogP contribution in [0.4, 0.5) is 0 Å². The normalized spacial score (nSPS) is 14.8. The minimum Gasteiger partial charge on any atom is -0.483 e. The Balaban J connectivity index is 1.55. The van der Waals surface area contributed by atoms with Crippen LogP contribution in [-0.2, 0) is 16.1 Å². The van der Waals surface area contributed by atoms with Crippen molar-refractivity contribution in [1.82, 2.24) is 10.2 Å². The minimum atomic E-state index is -0.648. The molecule has 0 unspecified atom stereocenters. The van der Waals surface area contributed by atoms with Crippen LogP contribution in [0, 0.1) is 0 Å². The zero-order valence-corrected chi connectivity index (χ0v) is 23.9. The smallest absolute Gasteiger partial charge is 0.261 e. The van der Waals surface area contributed by atoms with E-state index in [9.17, 15) is 9.59 Å². The highest BCUT2D eigenvalue weighted by molar-refractivity contribution is 9.10. The van der Waals surface area contributed by atoms with Crippen molar-refractivity contribution in [2.45, 2.75) is 64.1 Å². The van der Waals surface area contributed by atoms with Crippen molar-refractivity contribution in [3.63, 3.8) is 0 Å². The van der Waals surface area contributed by atoms with Crippen molar-refractivity contribution in [2.24, 2.45) is 0 Å². The second-order valence-corrected chi connectivity index (χ2v) is 11.0. The summed E-state index contributed by atoms with van der Waals surface area (Å²) in [7, 11) is 0. The average Bonchev–Trinajstić information content (AvgIpc) is 2.90. The Labute approximate surface area is 236 Å². The van der Waals surface area contributed by atoms with Crippen LogP contribution in [0.1, 0.15) is 51.0 Å².